The van der Waals surface area contributed by atoms with Gasteiger partial charge in [0.1, 0.15) is 6.29 Å². The van der Waals surface area contributed by atoms with Crippen LogP contribution in [-0.2, 0) is 4.79 Å². The molecule has 0 amide bonds. The van der Waals surface area contributed by atoms with E-state index in [0.717, 1.165) is 19.1 Å². The maximum Gasteiger partial charge on any atom is 0.119 e. The third-order valence-electron chi connectivity index (χ3n) is 2.43. The van der Waals surface area contributed by atoms with Crippen LogP contribution in [0.3, 0.4) is 0 Å². The number of carbonyl (C=O) groups excluding carboxylic acids is 1. The van der Waals surface area contributed by atoms with Gasteiger partial charge in [-0.2, -0.15) is 0 Å². The quantitative estimate of drug-likeness (QED) is 0.421. The number of hydrogen-bond donors (Lipinski definition) is 0. The number of rotatable bonds is 10. The van der Waals surface area contributed by atoms with E-state index >= 15 is 0 Å². The number of hydrogen-bond acceptors (Lipinski definition) is 2. The van der Waals surface area contributed by atoms with Crippen LogP contribution >= 0.6 is 0 Å². The Balaban J connectivity index is 0. The van der Waals surface area contributed by atoms with Crippen molar-refractivity contribution in [3.05, 3.63) is 0 Å². The molecule has 0 unspecified atom stereocenters. The highest BCUT2D eigenvalue weighted by Gasteiger charge is 1.91. The third-order valence-corrected chi connectivity index (χ3v) is 2.43. The second-order valence-electron chi connectivity index (χ2n) is 5.13. The molecule has 0 saturated carbocycles. The predicted octanol–water partition coefficient (Wildman–Crippen LogP) is 4.28. The molecule has 0 heterocycles. The lowest BCUT2D eigenvalue weighted by atomic mass is 10.1. The minimum absolute atomic E-state index is 0.760. The van der Waals surface area contributed by atoms with Crippen LogP contribution in [0.1, 0.15) is 71.1 Å². The first kappa shape index (κ1) is 19.0. The van der Waals surface area contributed by atoms with Crippen molar-refractivity contribution in [3.8, 4) is 0 Å². The van der Waals surface area contributed by atoms with Crippen LogP contribution in [0.15, 0.2) is 0 Å². The van der Waals surface area contributed by atoms with Gasteiger partial charge in [0.15, 0.2) is 0 Å². The molecular formula is C15H33NO. The summed E-state index contributed by atoms with van der Waals surface area (Å²) < 4.78 is 0. The predicted molar refractivity (Wildman–Crippen MR) is 77.5 cm³/mol. The highest BCUT2D eigenvalue weighted by atomic mass is 16.1. The zero-order valence-electron chi connectivity index (χ0n) is 12.5. The fourth-order valence-corrected chi connectivity index (χ4v) is 1.54. The third kappa shape index (κ3) is 31.3. The summed E-state index contributed by atoms with van der Waals surface area (Å²) in [5.41, 5.74) is 0. The molecule has 0 atom stereocenters. The smallest absolute Gasteiger partial charge is 0.119 e. The SMILES string of the molecule is CCCCCCCCCCCC=O.CN(C)C. The molecule has 0 rings (SSSR count). The molecule has 2 nitrogen and oxygen atoms in total. The van der Waals surface area contributed by atoms with Gasteiger partial charge in [0.05, 0.1) is 0 Å². The van der Waals surface area contributed by atoms with Crippen molar-refractivity contribution < 1.29 is 4.79 Å². The molecule has 0 saturated heterocycles. The normalized spacial score (nSPS) is 9.94. The second-order valence-corrected chi connectivity index (χ2v) is 5.13. The van der Waals surface area contributed by atoms with Crippen molar-refractivity contribution in [2.75, 3.05) is 21.1 Å². The summed E-state index contributed by atoms with van der Waals surface area (Å²) in [7, 11) is 6.00. The summed E-state index contributed by atoms with van der Waals surface area (Å²) >= 11 is 0. The monoisotopic (exact) mass is 243 g/mol. The molecule has 0 bridgehead atoms. The highest BCUT2D eigenvalue weighted by Crippen LogP contribution is 2.09. The summed E-state index contributed by atoms with van der Waals surface area (Å²) in [5, 5.41) is 0. The first-order chi connectivity index (χ1) is 8.15. The maximum absolute atomic E-state index is 10.0. The van der Waals surface area contributed by atoms with Gasteiger partial charge >= 0.3 is 0 Å². The first-order valence-corrected chi connectivity index (χ1v) is 7.19. The van der Waals surface area contributed by atoms with E-state index in [9.17, 15) is 4.79 Å². The van der Waals surface area contributed by atoms with E-state index < -0.39 is 0 Å². The van der Waals surface area contributed by atoms with Crippen molar-refractivity contribution in [1.82, 2.24) is 4.90 Å². The summed E-state index contributed by atoms with van der Waals surface area (Å²) in [6.45, 7) is 2.25. The topological polar surface area (TPSA) is 20.3 Å². The minimum atomic E-state index is 0.760. The van der Waals surface area contributed by atoms with Gasteiger partial charge < -0.3 is 9.69 Å². The van der Waals surface area contributed by atoms with E-state index in [2.05, 4.69) is 6.92 Å². The Hall–Kier alpha value is -0.370. The average molecular weight is 243 g/mol. The number of nitrogens with zero attached hydrogens (tertiary/aromatic N) is 1. The van der Waals surface area contributed by atoms with E-state index in [4.69, 9.17) is 0 Å². The molecule has 0 aliphatic carbocycles. The largest absolute Gasteiger partial charge is 0.312 e. The van der Waals surface area contributed by atoms with E-state index in [1.807, 2.05) is 26.0 Å². The summed E-state index contributed by atoms with van der Waals surface area (Å²) in [6.07, 6.45) is 13.7. The average Bonchev–Trinajstić information content (AvgIpc) is 2.26. The van der Waals surface area contributed by atoms with Gasteiger partial charge in [-0.15, -0.1) is 0 Å². The summed E-state index contributed by atoms with van der Waals surface area (Å²) in [5.74, 6) is 0. The Morgan fingerprint density at radius 1 is 0.765 bits per heavy atom. The van der Waals surface area contributed by atoms with Crippen molar-refractivity contribution in [3.63, 3.8) is 0 Å². The minimum Gasteiger partial charge on any atom is -0.312 e. The molecular weight excluding hydrogens is 210 g/mol. The lowest BCUT2D eigenvalue weighted by Gasteiger charge is -1.99. The molecule has 0 aromatic rings. The molecule has 0 aliphatic rings. The van der Waals surface area contributed by atoms with Crippen LogP contribution in [0.25, 0.3) is 0 Å². The second kappa shape index (κ2) is 18.0. The van der Waals surface area contributed by atoms with Crippen LogP contribution in [0, 0.1) is 0 Å². The van der Waals surface area contributed by atoms with Crippen molar-refractivity contribution in [2.45, 2.75) is 71.1 Å². The zero-order chi connectivity index (χ0) is 13.4. The molecule has 104 valence electrons. The molecule has 17 heavy (non-hydrogen) atoms. The van der Waals surface area contributed by atoms with E-state index in [0.29, 0.717) is 0 Å². The molecule has 0 aromatic carbocycles. The van der Waals surface area contributed by atoms with Gasteiger partial charge in [0.25, 0.3) is 0 Å². The lowest BCUT2D eigenvalue weighted by Crippen LogP contribution is -1.99. The maximum atomic E-state index is 10.0. The number of aldehydes is 1. The van der Waals surface area contributed by atoms with Gasteiger partial charge in [-0.05, 0) is 27.6 Å². The Bertz CT molecular complexity index is 132. The molecule has 0 spiro atoms. The summed E-state index contributed by atoms with van der Waals surface area (Å²) in [4.78, 5) is 12.0. The van der Waals surface area contributed by atoms with Crippen molar-refractivity contribution in [1.29, 1.82) is 0 Å². The Kier molecular flexibility index (Phi) is 20.1. The Labute approximate surface area is 109 Å². The molecule has 0 radical (unpaired) electrons. The van der Waals surface area contributed by atoms with Crippen LogP contribution in [0.2, 0.25) is 0 Å². The molecule has 0 fully saturated rings. The highest BCUT2D eigenvalue weighted by molar-refractivity contribution is 5.48. The van der Waals surface area contributed by atoms with Gasteiger partial charge in [-0.3, -0.25) is 0 Å². The Morgan fingerprint density at radius 2 is 1.12 bits per heavy atom. The van der Waals surface area contributed by atoms with Gasteiger partial charge in [0, 0.05) is 6.42 Å². The van der Waals surface area contributed by atoms with Crippen LogP contribution in [0.4, 0.5) is 0 Å². The number of carbonyl (C=O) groups is 1. The van der Waals surface area contributed by atoms with E-state index in [-0.39, 0.29) is 0 Å². The lowest BCUT2D eigenvalue weighted by molar-refractivity contribution is -0.107. The molecule has 0 aliphatic heterocycles. The molecule has 2 heteroatoms. The van der Waals surface area contributed by atoms with Gasteiger partial charge in [-0.1, -0.05) is 58.3 Å². The fourth-order valence-electron chi connectivity index (χ4n) is 1.54. The van der Waals surface area contributed by atoms with Gasteiger partial charge in [0.2, 0.25) is 0 Å². The summed E-state index contributed by atoms with van der Waals surface area (Å²) in [6, 6.07) is 0. The standard InChI is InChI=1S/C12H24O.C3H9N/c1-2-3-4-5-6-7-8-9-10-11-12-13;1-4(2)3/h12H,2-11H2,1H3;1-3H3. The molecule has 0 aromatic heterocycles. The van der Waals surface area contributed by atoms with Crippen LogP contribution in [-0.4, -0.2) is 32.3 Å². The number of unbranched alkanes of at least 4 members (excludes halogenated alkanes) is 9. The Morgan fingerprint density at radius 3 is 1.47 bits per heavy atom. The van der Waals surface area contributed by atoms with Crippen LogP contribution < -0.4 is 0 Å². The first-order valence-electron chi connectivity index (χ1n) is 7.19. The fraction of sp³-hybridized carbons (Fsp3) is 0.933. The van der Waals surface area contributed by atoms with Crippen molar-refractivity contribution >= 4 is 6.29 Å². The zero-order valence-corrected chi connectivity index (χ0v) is 12.5. The molecule has 0 N–H and O–H groups in total. The van der Waals surface area contributed by atoms with Gasteiger partial charge in [-0.25, -0.2) is 0 Å². The van der Waals surface area contributed by atoms with E-state index in [1.54, 1.807) is 0 Å². The van der Waals surface area contributed by atoms with E-state index in [1.165, 1.54) is 51.4 Å². The van der Waals surface area contributed by atoms with Crippen LogP contribution in [0.5, 0.6) is 0 Å². The van der Waals surface area contributed by atoms with Crippen molar-refractivity contribution in [2.24, 2.45) is 0 Å².